The van der Waals surface area contributed by atoms with Crippen LogP contribution in [-0.2, 0) is 6.54 Å². The maximum Gasteiger partial charge on any atom is 0.174 e. The number of rotatable bonds is 5. The summed E-state index contributed by atoms with van der Waals surface area (Å²) in [5.41, 5.74) is 8.84. The summed E-state index contributed by atoms with van der Waals surface area (Å²) in [6.45, 7) is 3.08. The van der Waals surface area contributed by atoms with Gasteiger partial charge in [-0.15, -0.1) is 0 Å². The number of nitrogen functional groups attached to an aromatic ring is 1. The number of anilines is 1. The minimum Gasteiger partial charge on any atom is -0.479 e. The van der Waals surface area contributed by atoms with Gasteiger partial charge in [0.1, 0.15) is 29.7 Å². The zero-order valence-corrected chi connectivity index (χ0v) is 18.0. The van der Waals surface area contributed by atoms with Crippen molar-refractivity contribution in [2.45, 2.75) is 19.4 Å². The monoisotopic (exact) mass is 427 g/mol. The van der Waals surface area contributed by atoms with E-state index in [-0.39, 0.29) is 6.61 Å². The smallest absolute Gasteiger partial charge is 0.174 e. The molecule has 0 spiro atoms. The number of benzene rings is 2. The standard InChI is InChI=1S/C24H25N7O/c1-30-9-6-16(7-10-30)14-31-24-21(23(26)27-15-28-24)22(29-31)19-3-2-18-13-20(32-11-8-25)5-4-17(18)12-19/h2-5,12-13,15-16H,6-7,9-11,14H2,1H3,(H2,26,27,28). The fourth-order valence-electron chi connectivity index (χ4n) is 4.43. The third kappa shape index (κ3) is 3.83. The second kappa shape index (κ2) is 8.44. The minimum atomic E-state index is 0.0313. The van der Waals surface area contributed by atoms with Crippen LogP contribution in [0.15, 0.2) is 42.7 Å². The van der Waals surface area contributed by atoms with Crippen LogP contribution in [0.4, 0.5) is 5.82 Å². The molecule has 8 heteroatoms. The van der Waals surface area contributed by atoms with Crippen molar-refractivity contribution in [3.8, 4) is 23.1 Å². The SMILES string of the molecule is CN1CCC(Cn2nc(-c3ccc4cc(OCC#N)ccc4c3)c3c(N)ncnc32)CC1. The van der Waals surface area contributed by atoms with E-state index in [4.69, 9.17) is 20.8 Å². The van der Waals surface area contributed by atoms with E-state index in [0.29, 0.717) is 17.5 Å². The van der Waals surface area contributed by atoms with E-state index in [2.05, 4.69) is 28.0 Å². The number of likely N-dealkylation sites (tertiary alicyclic amines) is 1. The summed E-state index contributed by atoms with van der Waals surface area (Å²) >= 11 is 0. The van der Waals surface area contributed by atoms with Gasteiger partial charge in [0.2, 0.25) is 0 Å². The predicted molar refractivity (Wildman–Crippen MR) is 124 cm³/mol. The Kier molecular flexibility index (Phi) is 5.33. The van der Waals surface area contributed by atoms with Crippen molar-refractivity contribution < 1.29 is 4.74 Å². The Labute approximate surface area is 186 Å². The summed E-state index contributed by atoms with van der Waals surface area (Å²) in [6, 6.07) is 13.9. The van der Waals surface area contributed by atoms with Gasteiger partial charge in [-0.1, -0.05) is 18.2 Å². The summed E-state index contributed by atoms with van der Waals surface area (Å²) in [4.78, 5) is 11.1. The highest BCUT2D eigenvalue weighted by atomic mass is 16.5. The third-order valence-corrected chi connectivity index (χ3v) is 6.22. The summed E-state index contributed by atoms with van der Waals surface area (Å²) in [5.74, 6) is 1.69. The zero-order valence-electron chi connectivity index (χ0n) is 18.0. The molecule has 1 saturated heterocycles. The van der Waals surface area contributed by atoms with Crippen LogP contribution >= 0.6 is 0 Å². The first kappa shape index (κ1) is 20.2. The Balaban J connectivity index is 1.53. The van der Waals surface area contributed by atoms with Gasteiger partial charge in [0.25, 0.3) is 0 Å². The molecule has 0 amide bonds. The van der Waals surface area contributed by atoms with Gasteiger partial charge in [-0.3, -0.25) is 0 Å². The number of nitriles is 1. The van der Waals surface area contributed by atoms with Crippen LogP contribution in [0, 0.1) is 17.2 Å². The molecule has 162 valence electrons. The maximum atomic E-state index is 8.72. The van der Waals surface area contributed by atoms with E-state index in [9.17, 15) is 0 Å². The van der Waals surface area contributed by atoms with Crippen molar-refractivity contribution in [2.75, 3.05) is 32.5 Å². The second-order valence-corrected chi connectivity index (χ2v) is 8.41. The lowest BCUT2D eigenvalue weighted by Gasteiger charge is -2.28. The van der Waals surface area contributed by atoms with Gasteiger partial charge in [-0.2, -0.15) is 10.4 Å². The molecule has 0 aliphatic carbocycles. The normalized spacial score (nSPS) is 15.2. The molecule has 3 heterocycles. The van der Waals surface area contributed by atoms with E-state index in [1.807, 2.05) is 41.1 Å². The molecule has 2 aromatic carbocycles. The number of ether oxygens (including phenoxy) is 1. The van der Waals surface area contributed by atoms with Crippen molar-refractivity contribution in [1.29, 1.82) is 5.26 Å². The van der Waals surface area contributed by atoms with Crippen molar-refractivity contribution in [3.05, 3.63) is 42.7 Å². The van der Waals surface area contributed by atoms with Gasteiger partial charge < -0.3 is 15.4 Å². The average molecular weight is 428 g/mol. The van der Waals surface area contributed by atoms with Gasteiger partial charge in [0.15, 0.2) is 12.3 Å². The van der Waals surface area contributed by atoms with Crippen LogP contribution in [-0.4, -0.2) is 51.4 Å². The molecular formula is C24H25N7O. The molecule has 4 aromatic rings. The molecule has 2 aromatic heterocycles. The van der Waals surface area contributed by atoms with Crippen molar-refractivity contribution in [1.82, 2.24) is 24.6 Å². The second-order valence-electron chi connectivity index (χ2n) is 8.41. The topological polar surface area (TPSA) is 106 Å². The van der Waals surface area contributed by atoms with Gasteiger partial charge in [-0.25, -0.2) is 14.6 Å². The molecule has 2 N–H and O–H groups in total. The first-order valence-corrected chi connectivity index (χ1v) is 10.8. The highest BCUT2D eigenvalue weighted by Crippen LogP contribution is 2.33. The summed E-state index contributed by atoms with van der Waals surface area (Å²) in [7, 11) is 2.17. The molecule has 0 unspecified atom stereocenters. The van der Waals surface area contributed by atoms with Crippen molar-refractivity contribution in [3.63, 3.8) is 0 Å². The van der Waals surface area contributed by atoms with Gasteiger partial charge in [-0.05, 0) is 67.9 Å². The number of nitrogens with two attached hydrogens (primary N) is 1. The number of aromatic nitrogens is 4. The Morgan fingerprint density at radius 2 is 1.91 bits per heavy atom. The van der Waals surface area contributed by atoms with E-state index >= 15 is 0 Å². The van der Waals surface area contributed by atoms with Crippen molar-refractivity contribution >= 4 is 27.6 Å². The molecule has 32 heavy (non-hydrogen) atoms. The Morgan fingerprint density at radius 1 is 1.12 bits per heavy atom. The molecule has 8 nitrogen and oxygen atoms in total. The van der Waals surface area contributed by atoms with E-state index < -0.39 is 0 Å². The van der Waals surface area contributed by atoms with Crippen molar-refractivity contribution in [2.24, 2.45) is 5.92 Å². The molecule has 0 atom stereocenters. The molecular weight excluding hydrogens is 402 g/mol. The van der Waals surface area contributed by atoms with E-state index in [0.717, 1.165) is 65.5 Å². The molecule has 5 rings (SSSR count). The minimum absolute atomic E-state index is 0.0313. The van der Waals surface area contributed by atoms with Crippen LogP contribution < -0.4 is 10.5 Å². The molecule has 1 fully saturated rings. The summed E-state index contributed by atoms with van der Waals surface area (Å²) in [6.07, 6.45) is 3.82. The fourth-order valence-corrected chi connectivity index (χ4v) is 4.43. The molecule has 1 aliphatic heterocycles. The van der Waals surface area contributed by atoms with Gasteiger partial charge in [0.05, 0.1) is 5.39 Å². The predicted octanol–water partition coefficient (Wildman–Crippen LogP) is 3.47. The van der Waals surface area contributed by atoms with Crippen LogP contribution in [0.2, 0.25) is 0 Å². The molecule has 0 bridgehead atoms. The van der Waals surface area contributed by atoms with Crippen LogP contribution in [0.5, 0.6) is 5.75 Å². The molecule has 1 aliphatic rings. The van der Waals surface area contributed by atoms with Gasteiger partial charge >= 0.3 is 0 Å². The number of nitrogens with zero attached hydrogens (tertiary/aromatic N) is 6. The third-order valence-electron chi connectivity index (χ3n) is 6.22. The maximum absolute atomic E-state index is 8.72. The Bertz CT molecular complexity index is 1320. The van der Waals surface area contributed by atoms with Crippen LogP contribution in [0.1, 0.15) is 12.8 Å². The summed E-state index contributed by atoms with van der Waals surface area (Å²) in [5, 5.41) is 16.6. The first-order valence-electron chi connectivity index (χ1n) is 10.8. The molecule has 0 saturated carbocycles. The first-order chi connectivity index (χ1) is 15.6. The number of hydrogen-bond donors (Lipinski definition) is 1. The highest BCUT2D eigenvalue weighted by Gasteiger charge is 2.22. The largest absolute Gasteiger partial charge is 0.479 e. The molecule has 0 radical (unpaired) electrons. The fraction of sp³-hybridized carbons (Fsp3) is 0.333. The van der Waals surface area contributed by atoms with Crippen LogP contribution in [0.3, 0.4) is 0 Å². The lowest BCUT2D eigenvalue weighted by molar-refractivity contribution is 0.202. The zero-order chi connectivity index (χ0) is 22.1. The number of piperidine rings is 1. The van der Waals surface area contributed by atoms with E-state index in [1.54, 1.807) is 0 Å². The average Bonchev–Trinajstić information content (AvgIpc) is 3.18. The quantitative estimate of drug-likeness (QED) is 0.520. The summed E-state index contributed by atoms with van der Waals surface area (Å²) < 4.78 is 7.42. The lowest BCUT2D eigenvalue weighted by atomic mass is 9.97. The van der Waals surface area contributed by atoms with Gasteiger partial charge in [0, 0.05) is 12.1 Å². The number of fused-ring (bicyclic) bond motifs is 2. The number of hydrogen-bond acceptors (Lipinski definition) is 7. The van der Waals surface area contributed by atoms with Crippen LogP contribution in [0.25, 0.3) is 33.1 Å². The lowest BCUT2D eigenvalue weighted by Crippen LogP contribution is -2.32. The van der Waals surface area contributed by atoms with E-state index in [1.165, 1.54) is 6.33 Å². The Hall–Kier alpha value is -3.70. The Morgan fingerprint density at radius 3 is 2.72 bits per heavy atom. The highest BCUT2D eigenvalue weighted by molar-refractivity contribution is 6.00.